The Morgan fingerprint density at radius 1 is 1.27 bits per heavy atom. The lowest BCUT2D eigenvalue weighted by molar-refractivity contribution is -0.157. The Labute approximate surface area is 185 Å². The van der Waals surface area contributed by atoms with E-state index in [1.165, 1.54) is 0 Å². The molecular formula is C24H27BrN2O3. The summed E-state index contributed by atoms with van der Waals surface area (Å²) in [5, 5.41) is 1.13. The highest BCUT2D eigenvalue weighted by Crippen LogP contribution is 2.57. The van der Waals surface area contributed by atoms with Gasteiger partial charge in [0.2, 0.25) is 0 Å². The van der Waals surface area contributed by atoms with Crippen LogP contribution < -0.4 is 0 Å². The van der Waals surface area contributed by atoms with Crippen molar-refractivity contribution in [2.75, 3.05) is 13.7 Å². The molecule has 0 fully saturated rings. The first-order chi connectivity index (χ1) is 14.4. The van der Waals surface area contributed by atoms with Gasteiger partial charge < -0.3 is 14.0 Å². The van der Waals surface area contributed by atoms with Crippen LogP contribution in [0.25, 0.3) is 22.2 Å². The normalized spacial score (nSPS) is 18.2. The minimum atomic E-state index is -0.810. The summed E-state index contributed by atoms with van der Waals surface area (Å²) in [5.74, 6) is -0.474. The van der Waals surface area contributed by atoms with Crippen LogP contribution in [0.15, 0.2) is 41.0 Å². The van der Waals surface area contributed by atoms with E-state index in [1.54, 1.807) is 13.3 Å². The molecule has 1 aliphatic carbocycles. The Morgan fingerprint density at radius 2 is 2.03 bits per heavy atom. The summed E-state index contributed by atoms with van der Waals surface area (Å²) in [6.07, 6.45) is 1.43. The molecule has 0 spiro atoms. The maximum Gasteiger partial charge on any atom is 0.312 e. The number of nitrogens with zero attached hydrogens (tertiary/aromatic N) is 2. The van der Waals surface area contributed by atoms with Crippen molar-refractivity contribution in [1.29, 1.82) is 0 Å². The number of methoxy groups -OCH3 is 1. The average molecular weight is 471 g/mol. The number of carbonyl (C=O) groups excluding carboxylic acids is 1. The second kappa shape index (κ2) is 7.82. The fourth-order valence-electron chi connectivity index (χ4n) is 4.87. The fourth-order valence-corrected chi connectivity index (χ4v) is 5.23. The van der Waals surface area contributed by atoms with Gasteiger partial charge in [-0.25, -0.2) is 0 Å². The van der Waals surface area contributed by atoms with Crippen molar-refractivity contribution in [1.82, 2.24) is 9.55 Å². The third-order valence-corrected chi connectivity index (χ3v) is 6.68. The van der Waals surface area contributed by atoms with Crippen LogP contribution in [-0.4, -0.2) is 29.2 Å². The smallest absolute Gasteiger partial charge is 0.312 e. The van der Waals surface area contributed by atoms with Gasteiger partial charge >= 0.3 is 5.97 Å². The minimum Gasteiger partial charge on any atom is -0.466 e. The van der Waals surface area contributed by atoms with Crippen LogP contribution in [0.3, 0.4) is 0 Å². The van der Waals surface area contributed by atoms with Crippen molar-refractivity contribution >= 4 is 32.8 Å². The second-order valence-electron chi connectivity index (χ2n) is 8.18. The summed E-state index contributed by atoms with van der Waals surface area (Å²) in [7, 11) is 1.69. The van der Waals surface area contributed by atoms with Gasteiger partial charge in [-0.1, -0.05) is 15.9 Å². The fraction of sp³-hybridized carbons (Fsp3) is 0.417. The quantitative estimate of drug-likeness (QED) is 0.438. The molecule has 0 aliphatic heterocycles. The van der Waals surface area contributed by atoms with Gasteiger partial charge in [-0.15, -0.1) is 0 Å². The molecule has 2 heterocycles. The summed E-state index contributed by atoms with van der Waals surface area (Å²) >= 11 is 3.64. The number of esters is 1. The van der Waals surface area contributed by atoms with E-state index in [0.717, 1.165) is 44.4 Å². The van der Waals surface area contributed by atoms with Gasteiger partial charge in [0.1, 0.15) is 6.10 Å². The van der Waals surface area contributed by atoms with Crippen LogP contribution in [0, 0.1) is 5.41 Å². The number of rotatable bonds is 5. The molecule has 30 heavy (non-hydrogen) atoms. The molecule has 3 aromatic rings. The zero-order valence-electron chi connectivity index (χ0n) is 18.0. The van der Waals surface area contributed by atoms with E-state index in [-0.39, 0.29) is 18.0 Å². The summed E-state index contributed by atoms with van der Waals surface area (Å²) in [5.41, 5.74) is 4.50. The molecule has 0 N–H and O–H groups in total. The highest BCUT2D eigenvalue weighted by atomic mass is 79.9. The van der Waals surface area contributed by atoms with E-state index in [1.807, 2.05) is 26.8 Å². The molecule has 0 saturated carbocycles. The zero-order chi connectivity index (χ0) is 21.6. The largest absolute Gasteiger partial charge is 0.466 e. The average Bonchev–Trinajstić information content (AvgIpc) is 3.06. The molecule has 2 atom stereocenters. The van der Waals surface area contributed by atoms with Crippen molar-refractivity contribution in [3.05, 3.63) is 52.3 Å². The van der Waals surface area contributed by atoms with Crippen LogP contribution in [0.1, 0.15) is 51.0 Å². The monoisotopic (exact) mass is 470 g/mol. The van der Waals surface area contributed by atoms with E-state index < -0.39 is 5.41 Å². The molecule has 0 saturated heterocycles. The Balaban J connectivity index is 2.13. The van der Waals surface area contributed by atoms with Crippen LogP contribution in [0.5, 0.6) is 0 Å². The van der Waals surface area contributed by atoms with Gasteiger partial charge in [0.15, 0.2) is 0 Å². The van der Waals surface area contributed by atoms with Crippen molar-refractivity contribution in [2.45, 2.75) is 46.3 Å². The Hall–Kier alpha value is -2.18. The Bertz CT molecular complexity index is 1120. The first kappa shape index (κ1) is 21.1. The molecule has 1 unspecified atom stereocenters. The van der Waals surface area contributed by atoms with E-state index in [9.17, 15) is 4.79 Å². The molecule has 5 nitrogen and oxygen atoms in total. The van der Waals surface area contributed by atoms with Gasteiger partial charge in [0, 0.05) is 46.7 Å². The molecule has 6 heteroatoms. The molecule has 0 amide bonds. The van der Waals surface area contributed by atoms with Crippen molar-refractivity contribution < 1.29 is 14.3 Å². The second-order valence-corrected chi connectivity index (χ2v) is 9.10. The van der Waals surface area contributed by atoms with E-state index in [4.69, 9.17) is 14.5 Å². The van der Waals surface area contributed by atoms with E-state index in [0.29, 0.717) is 6.61 Å². The van der Waals surface area contributed by atoms with Crippen LogP contribution in [0.2, 0.25) is 0 Å². The van der Waals surface area contributed by atoms with E-state index in [2.05, 4.69) is 51.7 Å². The lowest BCUT2D eigenvalue weighted by Crippen LogP contribution is -2.39. The number of halogens is 1. The zero-order valence-corrected chi connectivity index (χ0v) is 19.6. The summed E-state index contributed by atoms with van der Waals surface area (Å²) in [6.45, 7) is 9.04. The van der Waals surface area contributed by atoms with Crippen molar-refractivity contribution in [3.8, 4) is 11.3 Å². The number of benzene rings is 1. The molecule has 0 radical (unpaired) electrons. The summed E-state index contributed by atoms with van der Waals surface area (Å²) in [6, 6.07) is 10.4. The number of fused-ring (bicyclic) bond motifs is 5. The van der Waals surface area contributed by atoms with Crippen molar-refractivity contribution in [3.63, 3.8) is 0 Å². The molecule has 1 aromatic carbocycles. The van der Waals surface area contributed by atoms with Gasteiger partial charge in [-0.2, -0.15) is 0 Å². The number of ether oxygens (including phenoxy) is 2. The Kier molecular flexibility index (Phi) is 5.49. The van der Waals surface area contributed by atoms with Crippen LogP contribution >= 0.6 is 15.9 Å². The first-order valence-electron chi connectivity index (χ1n) is 10.3. The van der Waals surface area contributed by atoms with Crippen LogP contribution in [-0.2, 0) is 20.8 Å². The number of aryl methyl sites for hydroxylation is 1. The molecule has 0 bridgehead atoms. The summed E-state index contributed by atoms with van der Waals surface area (Å²) in [4.78, 5) is 17.8. The minimum absolute atomic E-state index is 0.227. The number of aromatic nitrogens is 2. The molecule has 2 aromatic heterocycles. The Morgan fingerprint density at radius 3 is 2.70 bits per heavy atom. The number of hydrogen-bond donors (Lipinski definition) is 0. The SMILES string of the molecule is CCOC(=O)C(C)(C)C1c2c(n(CC)c3ccc(Br)cc23)-c2cccnc2[C@H]1OC. The number of pyridine rings is 1. The lowest BCUT2D eigenvalue weighted by Gasteiger charge is -2.40. The molecule has 4 rings (SSSR count). The highest BCUT2D eigenvalue weighted by molar-refractivity contribution is 9.10. The molecule has 158 valence electrons. The molecular weight excluding hydrogens is 444 g/mol. The maximum absolute atomic E-state index is 13.1. The van der Waals surface area contributed by atoms with Crippen molar-refractivity contribution in [2.24, 2.45) is 5.41 Å². The third-order valence-electron chi connectivity index (χ3n) is 6.19. The predicted molar refractivity (Wildman–Crippen MR) is 121 cm³/mol. The number of hydrogen-bond acceptors (Lipinski definition) is 4. The van der Waals surface area contributed by atoms with Gasteiger partial charge in [-0.05, 0) is 63.6 Å². The topological polar surface area (TPSA) is 53.4 Å². The predicted octanol–water partition coefficient (Wildman–Crippen LogP) is 5.86. The van der Waals surface area contributed by atoms with Gasteiger partial charge in [-0.3, -0.25) is 9.78 Å². The standard InChI is InChI=1S/C24H27BrN2O3/c1-6-27-17-11-10-14(25)13-16(17)18-19(24(3,4)23(28)30-7-2)22(29-5)20-15(21(18)27)9-8-12-26-20/h8-13,19,22H,6-7H2,1-5H3/t19?,22-/m0/s1. The number of carbonyl (C=O) groups is 1. The van der Waals surface area contributed by atoms with Crippen LogP contribution in [0.4, 0.5) is 0 Å². The molecule has 1 aliphatic rings. The third kappa shape index (κ3) is 3.00. The van der Waals surface area contributed by atoms with Gasteiger partial charge in [0.25, 0.3) is 0 Å². The van der Waals surface area contributed by atoms with E-state index >= 15 is 0 Å². The lowest BCUT2D eigenvalue weighted by atomic mass is 9.67. The highest BCUT2D eigenvalue weighted by Gasteiger charge is 2.50. The maximum atomic E-state index is 13.1. The first-order valence-corrected chi connectivity index (χ1v) is 11.1. The summed E-state index contributed by atoms with van der Waals surface area (Å²) < 4.78 is 14.8. The van der Waals surface area contributed by atoms with Gasteiger partial charge in [0.05, 0.1) is 23.4 Å².